The molecule has 152 valence electrons. The van der Waals surface area contributed by atoms with Gasteiger partial charge in [-0.25, -0.2) is 0 Å². The molecule has 0 spiro atoms. The normalized spacial score (nSPS) is 21.0. The topological polar surface area (TPSA) is 89.6 Å². The van der Waals surface area contributed by atoms with Crippen molar-refractivity contribution in [3.8, 4) is 0 Å². The van der Waals surface area contributed by atoms with Crippen LogP contribution in [0.25, 0.3) is 0 Å². The number of ether oxygens (including phenoxy) is 1. The van der Waals surface area contributed by atoms with Gasteiger partial charge in [0, 0.05) is 6.42 Å². The van der Waals surface area contributed by atoms with Crippen molar-refractivity contribution in [2.75, 3.05) is 13.7 Å². The van der Waals surface area contributed by atoms with Gasteiger partial charge in [-0.05, 0) is 37.3 Å². The highest BCUT2D eigenvalue weighted by Crippen LogP contribution is 2.41. The lowest BCUT2D eigenvalue weighted by Gasteiger charge is -2.16. The van der Waals surface area contributed by atoms with E-state index in [0.717, 1.165) is 11.8 Å². The average molecular weight is 378 g/mol. The van der Waals surface area contributed by atoms with E-state index in [1.165, 1.54) is 13.5 Å². The van der Waals surface area contributed by atoms with E-state index in [9.17, 15) is 9.59 Å². The van der Waals surface area contributed by atoms with E-state index in [0.29, 0.717) is 18.4 Å². The molecular weight excluding hydrogens is 342 g/mol. The average Bonchev–Trinajstić information content (AvgIpc) is 3.02. The Morgan fingerprint density at radius 1 is 1.11 bits per heavy atom. The van der Waals surface area contributed by atoms with E-state index in [1.807, 2.05) is 13.0 Å². The summed E-state index contributed by atoms with van der Waals surface area (Å²) in [6.45, 7) is 1.76. The molecule has 0 radical (unpaired) electrons. The Kier molecular flexibility index (Phi) is 11.4. The number of esters is 1. The predicted molar refractivity (Wildman–Crippen MR) is 107 cm³/mol. The highest BCUT2D eigenvalue weighted by atomic mass is 16.5. The first-order valence-electron chi connectivity index (χ1n) is 10.1. The number of benzene rings is 1. The summed E-state index contributed by atoms with van der Waals surface area (Å²) in [7, 11) is 1.50. The molecule has 2 aliphatic rings. The van der Waals surface area contributed by atoms with Crippen molar-refractivity contribution in [2.45, 2.75) is 64.2 Å². The lowest BCUT2D eigenvalue weighted by molar-refractivity contribution is -0.148. The fourth-order valence-corrected chi connectivity index (χ4v) is 3.85. The summed E-state index contributed by atoms with van der Waals surface area (Å²) in [6.07, 6.45) is 10.4. The van der Waals surface area contributed by atoms with Crippen molar-refractivity contribution in [3.63, 3.8) is 0 Å². The van der Waals surface area contributed by atoms with Crippen LogP contribution in [-0.2, 0) is 14.3 Å². The molecule has 2 aliphatic carbocycles. The minimum absolute atomic E-state index is 0.113. The molecule has 5 heteroatoms. The van der Waals surface area contributed by atoms with Gasteiger partial charge in [0.1, 0.15) is 12.5 Å². The Labute approximate surface area is 163 Å². The summed E-state index contributed by atoms with van der Waals surface area (Å²) in [5.74, 6) is 0.190. The van der Waals surface area contributed by atoms with Crippen LogP contribution in [-0.4, -0.2) is 30.7 Å². The van der Waals surface area contributed by atoms with Crippen molar-refractivity contribution in [2.24, 2.45) is 17.6 Å². The molecule has 0 aliphatic heterocycles. The number of nitrogens with two attached hydrogens (primary N) is 1. The van der Waals surface area contributed by atoms with Crippen LogP contribution in [0.5, 0.6) is 0 Å². The largest absolute Gasteiger partial charge is 0.481 e. The van der Waals surface area contributed by atoms with Crippen LogP contribution in [0.2, 0.25) is 0 Å². The third kappa shape index (κ3) is 8.57. The van der Waals surface area contributed by atoms with E-state index in [1.54, 1.807) is 56.4 Å². The molecule has 2 fully saturated rings. The fourth-order valence-electron chi connectivity index (χ4n) is 3.85. The molecular formula is C22H35NO4. The molecule has 3 atom stereocenters. The minimum atomic E-state index is -0.986. The van der Waals surface area contributed by atoms with Gasteiger partial charge in [-0.15, -0.1) is 0 Å². The third-order valence-corrected chi connectivity index (χ3v) is 5.24. The first kappa shape index (κ1) is 23.2. The fraction of sp³-hybridized carbons (Fsp3) is 0.636. The monoisotopic (exact) mass is 377 g/mol. The SMILES string of the molecule is C1CC2CCC(C1)C2.CCCC(=O)OCC(C(=O)O)c1ccccc1.CN. The minimum Gasteiger partial charge on any atom is -0.481 e. The van der Waals surface area contributed by atoms with Gasteiger partial charge in [0.25, 0.3) is 0 Å². The highest BCUT2D eigenvalue weighted by molar-refractivity contribution is 5.77. The van der Waals surface area contributed by atoms with Crippen LogP contribution < -0.4 is 5.73 Å². The van der Waals surface area contributed by atoms with Crippen LogP contribution in [0.1, 0.15) is 69.8 Å². The van der Waals surface area contributed by atoms with Gasteiger partial charge in [0.15, 0.2) is 0 Å². The predicted octanol–water partition coefficient (Wildman–Crippen LogP) is 4.36. The maximum atomic E-state index is 11.2. The quantitative estimate of drug-likeness (QED) is 0.719. The Hall–Kier alpha value is -1.88. The molecule has 3 unspecified atom stereocenters. The molecule has 1 aromatic rings. The van der Waals surface area contributed by atoms with E-state index >= 15 is 0 Å². The molecule has 3 rings (SSSR count). The molecule has 0 aromatic heterocycles. The van der Waals surface area contributed by atoms with E-state index < -0.39 is 11.9 Å². The number of carboxylic acid groups (broad SMARTS) is 1. The standard InChI is InChI=1S/C13H16O4.C8H14.CH5N/c1-2-6-12(14)17-9-11(13(15)16)10-7-4-3-5-8-10;1-2-7-4-5-8(3-1)6-7;1-2/h3-5,7-8,11H,2,6,9H2,1H3,(H,15,16);7-8H,1-6H2;2H2,1H3. The third-order valence-electron chi connectivity index (χ3n) is 5.24. The number of hydrogen-bond acceptors (Lipinski definition) is 4. The zero-order chi connectivity index (χ0) is 20.1. The summed E-state index contributed by atoms with van der Waals surface area (Å²) in [4.78, 5) is 22.3. The Morgan fingerprint density at radius 3 is 2.19 bits per heavy atom. The van der Waals surface area contributed by atoms with Gasteiger partial charge < -0.3 is 15.6 Å². The van der Waals surface area contributed by atoms with Crippen LogP contribution in [0.3, 0.4) is 0 Å². The molecule has 2 bridgehead atoms. The second kappa shape index (κ2) is 13.3. The maximum Gasteiger partial charge on any atom is 0.314 e. The lowest BCUT2D eigenvalue weighted by Crippen LogP contribution is -2.20. The number of rotatable bonds is 6. The van der Waals surface area contributed by atoms with E-state index in [2.05, 4.69) is 5.73 Å². The molecule has 0 amide bonds. The van der Waals surface area contributed by atoms with Crippen molar-refractivity contribution in [1.29, 1.82) is 0 Å². The van der Waals surface area contributed by atoms with Gasteiger partial charge in [-0.3, -0.25) is 9.59 Å². The first-order valence-corrected chi connectivity index (χ1v) is 10.1. The van der Waals surface area contributed by atoms with Gasteiger partial charge in [0.2, 0.25) is 0 Å². The lowest BCUT2D eigenvalue weighted by atomic mass is 9.89. The maximum absolute atomic E-state index is 11.2. The molecule has 27 heavy (non-hydrogen) atoms. The Balaban J connectivity index is 0.000000299. The summed E-state index contributed by atoms with van der Waals surface area (Å²) < 4.78 is 4.94. The Morgan fingerprint density at radius 2 is 1.70 bits per heavy atom. The van der Waals surface area contributed by atoms with Crippen LogP contribution >= 0.6 is 0 Å². The van der Waals surface area contributed by atoms with Crippen molar-refractivity contribution in [3.05, 3.63) is 35.9 Å². The van der Waals surface area contributed by atoms with Gasteiger partial charge >= 0.3 is 11.9 Å². The number of carbonyl (C=O) groups excluding carboxylic acids is 1. The Bertz CT molecular complexity index is 533. The van der Waals surface area contributed by atoms with Crippen LogP contribution in [0.15, 0.2) is 30.3 Å². The number of fused-ring (bicyclic) bond motifs is 2. The number of hydrogen-bond donors (Lipinski definition) is 2. The van der Waals surface area contributed by atoms with Gasteiger partial charge in [-0.2, -0.15) is 0 Å². The van der Waals surface area contributed by atoms with Gasteiger partial charge in [-0.1, -0.05) is 69.4 Å². The van der Waals surface area contributed by atoms with Crippen molar-refractivity contribution in [1.82, 2.24) is 0 Å². The molecule has 0 saturated heterocycles. The summed E-state index contributed by atoms with van der Waals surface area (Å²) >= 11 is 0. The zero-order valence-electron chi connectivity index (χ0n) is 16.7. The van der Waals surface area contributed by atoms with E-state index in [4.69, 9.17) is 9.84 Å². The summed E-state index contributed by atoms with van der Waals surface area (Å²) in [5.41, 5.74) is 5.14. The molecule has 0 heterocycles. The van der Waals surface area contributed by atoms with Gasteiger partial charge in [0.05, 0.1) is 0 Å². The van der Waals surface area contributed by atoms with Crippen molar-refractivity contribution < 1.29 is 19.4 Å². The summed E-state index contributed by atoms with van der Waals surface area (Å²) in [5, 5.41) is 9.08. The van der Waals surface area contributed by atoms with Crippen LogP contribution in [0, 0.1) is 11.8 Å². The van der Waals surface area contributed by atoms with E-state index in [-0.39, 0.29) is 12.6 Å². The molecule has 5 nitrogen and oxygen atoms in total. The zero-order valence-corrected chi connectivity index (χ0v) is 16.7. The molecule has 1 aromatic carbocycles. The number of carbonyl (C=O) groups is 2. The second-order valence-electron chi connectivity index (χ2n) is 7.21. The molecule has 2 saturated carbocycles. The second-order valence-corrected chi connectivity index (χ2v) is 7.21. The van der Waals surface area contributed by atoms with Crippen LogP contribution in [0.4, 0.5) is 0 Å². The smallest absolute Gasteiger partial charge is 0.314 e. The summed E-state index contributed by atoms with van der Waals surface area (Å²) in [6, 6.07) is 8.77. The number of aliphatic carboxylic acids is 1. The molecule has 3 N–H and O–H groups in total. The van der Waals surface area contributed by atoms with Crippen molar-refractivity contribution >= 4 is 11.9 Å². The highest BCUT2D eigenvalue weighted by Gasteiger charge is 2.27. The first-order chi connectivity index (χ1) is 13.1. The number of carboxylic acids is 1.